The Kier molecular flexibility index (Phi) is 9.49. The van der Waals surface area contributed by atoms with Crippen LogP contribution in [0.3, 0.4) is 0 Å². The summed E-state index contributed by atoms with van der Waals surface area (Å²) in [6.07, 6.45) is 6.73. The maximum atomic E-state index is 13.4. The molecule has 0 aliphatic rings. The third-order valence-electron chi connectivity index (χ3n) is 5.42. The summed E-state index contributed by atoms with van der Waals surface area (Å²) in [6, 6.07) is 9.45. The Morgan fingerprint density at radius 3 is 2.61 bits per heavy atom. The summed E-state index contributed by atoms with van der Waals surface area (Å²) in [5, 5.41) is 5.13. The Bertz CT molecular complexity index is 1310. The van der Waals surface area contributed by atoms with Crippen LogP contribution in [0.15, 0.2) is 57.4 Å². The van der Waals surface area contributed by atoms with Crippen LogP contribution in [0.5, 0.6) is 11.5 Å². The van der Waals surface area contributed by atoms with Gasteiger partial charge in [0.2, 0.25) is 0 Å². The maximum Gasteiger partial charge on any atom is 0.282 e. The number of hydrogen-bond acceptors (Lipinski definition) is 5. The lowest BCUT2D eigenvalue weighted by Gasteiger charge is -2.22. The molecule has 1 heterocycles. The van der Waals surface area contributed by atoms with Crippen molar-refractivity contribution in [1.82, 2.24) is 9.66 Å². The van der Waals surface area contributed by atoms with E-state index in [4.69, 9.17) is 14.5 Å². The van der Waals surface area contributed by atoms with Gasteiger partial charge in [-0.3, -0.25) is 4.79 Å². The molecule has 36 heavy (non-hydrogen) atoms. The Morgan fingerprint density at radius 2 is 1.94 bits per heavy atom. The van der Waals surface area contributed by atoms with E-state index >= 15 is 0 Å². The fourth-order valence-electron chi connectivity index (χ4n) is 3.72. The first-order chi connectivity index (χ1) is 17.2. The van der Waals surface area contributed by atoms with E-state index < -0.39 is 0 Å². The zero-order chi connectivity index (χ0) is 26.3. The standard InChI is InChI=1S/C29H36BrN3O3/c1-7-10-12-26-32-24-14-13-22(30)17-23(24)28(34)33(26)31-18-20-15-21(11-8-2)27(25(16-20)35-9-3)36-19-29(4,5)6/h8,13-18H,2,7,9-12,19H2,1,3-6H3. The van der Waals surface area contributed by atoms with E-state index in [-0.39, 0.29) is 11.0 Å². The number of fused-ring (bicyclic) bond motifs is 1. The minimum absolute atomic E-state index is 0.00317. The van der Waals surface area contributed by atoms with E-state index in [0.29, 0.717) is 48.5 Å². The van der Waals surface area contributed by atoms with Gasteiger partial charge in [0, 0.05) is 16.5 Å². The summed E-state index contributed by atoms with van der Waals surface area (Å²) in [6.45, 7) is 15.4. The highest BCUT2D eigenvalue weighted by Gasteiger charge is 2.18. The van der Waals surface area contributed by atoms with Crippen molar-refractivity contribution in [3.8, 4) is 11.5 Å². The molecule has 0 saturated heterocycles. The van der Waals surface area contributed by atoms with Gasteiger partial charge in [0.15, 0.2) is 11.5 Å². The molecular formula is C29H36BrN3O3. The van der Waals surface area contributed by atoms with Gasteiger partial charge in [-0.05, 0) is 61.1 Å². The van der Waals surface area contributed by atoms with Crippen LogP contribution in [0.4, 0.5) is 0 Å². The summed E-state index contributed by atoms with van der Waals surface area (Å²) in [7, 11) is 0. The highest BCUT2D eigenvalue weighted by molar-refractivity contribution is 9.10. The molecule has 0 aliphatic carbocycles. The SMILES string of the molecule is C=CCc1cc(C=Nn2c(CCCC)nc3ccc(Br)cc3c2=O)cc(OCC)c1OCC(C)(C)C. The van der Waals surface area contributed by atoms with Crippen molar-refractivity contribution >= 4 is 33.0 Å². The van der Waals surface area contributed by atoms with Gasteiger partial charge in [-0.2, -0.15) is 9.78 Å². The average molecular weight is 555 g/mol. The van der Waals surface area contributed by atoms with Gasteiger partial charge >= 0.3 is 0 Å². The topological polar surface area (TPSA) is 65.7 Å². The van der Waals surface area contributed by atoms with E-state index in [1.165, 1.54) is 4.68 Å². The molecular weight excluding hydrogens is 518 g/mol. The highest BCUT2D eigenvalue weighted by Crippen LogP contribution is 2.35. The van der Waals surface area contributed by atoms with Gasteiger partial charge in [0.05, 0.1) is 30.3 Å². The number of halogens is 1. The van der Waals surface area contributed by atoms with Crippen molar-refractivity contribution < 1.29 is 9.47 Å². The van der Waals surface area contributed by atoms with Crippen molar-refractivity contribution in [3.63, 3.8) is 0 Å². The predicted octanol–water partition coefficient (Wildman–Crippen LogP) is 6.94. The maximum absolute atomic E-state index is 13.4. The van der Waals surface area contributed by atoms with Crippen molar-refractivity contribution in [2.75, 3.05) is 13.2 Å². The number of benzene rings is 2. The average Bonchev–Trinajstić information content (AvgIpc) is 2.82. The molecule has 6 nitrogen and oxygen atoms in total. The summed E-state index contributed by atoms with van der Waals surface area (Å²) in [4.78, 5) is 18.1. The largest absolute Gasteiger partial charge is 0.490 e. The number of aryl methyl sites for hydroxylation is 1. The molecule has 0 amide bonds. The van der Waals surface area contributed by atoms with Gasteiger partial charge in [-0.25, -0.2) is 4.98 Å². The third-order valence-corrected chi connectivity index (χ3v) is 5.91. The fourth-order valence-corrected chi connectivity index (χ4v) is 4.08. The molecule has 0 atom stereocenters. The molecule has 0 fully saturated rings. The van der Waals surface area contributed by atoms with E-state index in [0.717, 1.165) is 34.2 Å². The van der Waals surface area contributed by atoms with Crippen molar-refractivity contribution in [2.24, 2.45) is 10.5 Å². The summed E-state index contributed by atoms with van der Waals surface area (Å²) >= 11 is 3.46. The fraction of sp³-hybridized carbons (Fsp3) is 0.414. The van der Waals surface area contributed by atoms with Gasteiger partial charge in [-0.1, -0.05) is 56.1 Å². The highest BCUT2D eigenvalue weighted by atomic mass is 79.9. The number of aromatic nitrogens is 2. The minimum atomic E-state index is -0.190. The molecule has 0 N–H and O–H groups in total. The monoisotopic (exact) mass is 553 g/mol. The first kappa shape index (κ1) is 27.7. The zero-order valence-electron chi connectivity index (χ0n) is 21.9. The van der Waals surface area contributed by atoms with Crippen molar-refractivity contribution in [3.05, 3.63) is 74.8 Å². The number of allylic oxidation sites excluding steroid dienone is 1. The lowest BCUT2D eigenvalue weighted by molar-refractivity contribution is 0.187. The van der Waals surface area contributed by atoms with Crippen LogP contribution in [0.1, 0.15) is 64.4 Å². The number of rotatable bonds is 11. The number of unbranched alkanes of at least 4 members (excludes halogenated alkanes) is 1. The summed E-state index contributed by atoms with van der Waals surface area (Å²) < 4.78 is 14.4. The van der Waals surface area contributed by atoms with E-state index in [2.05, 4.69) is 55.3 Å². The molecule has 3 rings (SSSR count). The Labute approximate surface area is 222 Å². The Hall–Kier alpha value is -2.93. The molecule has 3 aromatic rings. The molecule has 0 unspecified atom stereocenters. The zero-order valence-corrected chi connectivity index (χ0v) is 23.5. The number of hydrogen-bond donors (Lipinski definition) is 0. The van der Waals surface area contributed by atoms with Gasteiger partial charge < -0.3 is 9.47 Å². The first-order valence-corrected chi connectivity index (χ1v) is 13.2. The van der Waals surface area contributed by atoms with Gasteiger partial charge in [0.1, 0.15) is 5.82 Å². The molecule has 7 heteroatoms. The molecule has 0 aliphatic heterocycles. The molecule has 2 aromatic carbocycles. The van der Waals surface area contributed by atoms with E-state index in [1.807, 2.05) is 37.3 Å². The van der Waals surface area contributed by atoms with Crippen LogP contribution in [-0.2, 0) is 12.8 Å². The summed E-state index contributed by atoms with van der Waals surface area (Å²) in [5.74, 6) is 2.03. The van der Waals surface area contributed by atoms with Gasteiger partial charge in [-0.15, -0.1) is 6.58 Å². The second kappa shape index (κ2) is 12.3. The molecule has 0 radical (unpaired) electrons. The Balaban J connectivity index is 2.10. The quantitative estimate of drug-likeness (QED) is 0.190. The van der Waals surface area contributed by atoms with E-state index in [9.17, 15) is 4.79 Å². The second-order valence-electron chi connectivity index (χ2n) is 9.94. The molecule has 0 saturated carbocycles. The van der Waals surface area contributed by atoms with Crippen molar-refractivity contribution in [1.29, 1.82) is 0 Å². The Morgan fingerprint density at radius 1 is 1.17 bits per heavy atom. The smallest absolute Gasteiger partial charge is 0.282 e. The van der Waals surface area contributed by atoms with Crippen LogP contribution >= 0.6 is 15.9 Å². The van der Waals surface area contributed by atoms with Gasteiger partial charge in [0.25, 0.3) is 5.56 Å². The first-order valence-electron chi connectivity index (χ1n) is 12.5. The van der Waals surface area contributed by atoms with Crippen LogP contribution in [-0.4, -0.2) is 29.1 Å². The van der Waals surface area contributed by atoms with Crippen molar-refractivity contribution in [2.45, 2.75) is 60.3 Å². The van der Waals surface area contributed by atoms with Crippen LogP contribution < -0.4 is 15.0 Å². The summed E-state index contributed by atoms with van der Waals surface area (Å²) in [5.41, 5.74) is 2.25. The number of nitrogens with zero attached hydrogens (tertiary/aromatic N) is 3. The minimum Gasteiger partial charge on any atom is -0.490 e. The molecule has 192 valence electrons. The van der Waals surface area contributed by atoms with Crippen LogP contribution in [0.25, 0.3) is 10.9 Å². The molecule has 0 bridgehead atoms. The lowest BCUT2D eigenvalue weighted by Crippen LogP contribution is -2.22. The third kappa shape index (κ3) is 7.06. The second-order valence-corrected chi connectivity index (χ2v) is 10.9. The lowest BCUT2D eigenvalue weighted by atomic mass is 9.98. The molecule has 0 spiro atoms. The molecule has 1 aromatic heterocycles. The van der Waals surface area contributed by atoms with Crippen LogP contribution in [0, 0.1) is 5.41 Å². The van der Waals surface area contributed by atoms with E-state index in [1.54, 1.807) is 12.3 Å². The normalized spacial score (nSPS) is 11.8. The predicted molar refractivity (Wildman–Crippen MR) is 152 cm³/mol. The number of ether oxygens (including phenoxy) is 2. The van der Waals surface area contributed by atoms with Crippen LogP contribution in [0.2, 0.25) is 0 Å².